The smallest absolute Gasteiger partial charge is 0.416 e. The van der Waals surface area contributed by atoms with Gasteiger partial charge in [0, 0.05) is 18.7 Å². The van der Waals surface area contributed by atoms with Crippen molar-refractivity contribution in [3.8, 4) is 11.5 Å². The van der Waals surface area contributed by atoms with Crippen molar-refractivity contribution in [1.82, 2.24) is 10.6 Å². The van der Waals surface area contributed by atoms with E-state index in [2.05, 4.69) is 15.6 Å². The average molecular weight is 381 g/mol. The normalized spacial score (nSPS) is 12.0. The average Bonchev–Trinajstić information content (AvgIpc) is 2.64. The summed E-state index contributed by atoms with van der Waals surface area (Å²) in [5, 5.41) is 16.1. The lowest BCUT2D eigenvalue weighted by molar-refractivity contribution is -0.137. The predicted octanol–water partition coefficient (Wildman–Crippen LogP) is 3.67. The number of methoxy groups -OCH3 is 1. The van der Waals surface area contributed by atoms with Gasteiger partial charge in [0.1, 0.15) is 11.5 Å². The number of aromatic hydroxyl groups is 1. The molecule has 2 aromatic carbocycles. The van der Waals surface area contributed by atoms with Crippen molar-refractivity contribution >= 4 is 5.96 Å². The molecule has 0 aliphatic carbocycles. The van der Waals surface area contributed by atoms with E-state index in [1.54, 1.807) is 25.3 Å². The molecule has 0 amide bonds. The van der Waals surface area contributed by atoms with Crippen molar-refractivity contribution in [2.45, 2.75) is 26.2 Å². The standard InChI is InChI=1S/C19H22F3N3O2/c1-3-23-18(25-12-14-10-16(27-2)8-9-17(14)26)24-11-13-4-6-15(7-5-13)19(20,21)22/h4-10,26H,3,11-12H2,1-2H3,(H2,23,24,25). The van der Waals surface area contributed by atoms with Crippen LogP contribution in [0, 0.1) is 0 Å². The Morgan fingerprint density at radius 2 is 1.81 bits per heavy atom. The summed E-state index contributed by atoms with van der Waals surface area (Å²) >= 11 is 0. The summed E-state index contributed by atoms with van der Waals surface area (Å²) in [6.07, 6.45) is -4.35. The number of nitrogens with zero attached hydrogens (tertiary/aromatic N) is 1. The number of hydrogen-bond acceptors (Lipinski definition) is 3. The Morgan fingerprint density at radius 3 is 2.41 bits per heavy atom. The fraction of sp³-hybridized carbons (Fsp3) is 0.316. The number of halogens is 3. The molecule has 0 saturated carbocycles. The summed E-state index contributed by atoms with van der Waals surface area (Å²) < 4.78 is 43.0. The molecule has 0 fully saturated rings. The topological polar surface area (TPSA) is 65.9 Å². The summed E-state index contributed by atoms with van der Waals surface area (Å²) in [5.74, 6) is 1.23. The zero-order valence-electron chi connectivity index (χ0n) is 15.1. The summed E-state index contributed by atoms with van der Waals surface area (Å²) in [4.78, 5) is 4.36. The lowest BCUT2D eigenvalue weighted by Crippen LogP contribution is -2.36. The summed E-state index contributed by atoms with van der Waals surface area (Å²) in [6.45, 7) is 3.04. The second-order valence-electron chi connectivity index (χ2n) is 5.74. The molecular weight excluding hydrogens is 359 g/mol. The number of aliphatic imine (C=N–C) groups is 1. The molecule has 27 heavy (non-hydrogen) atoms. The lowest BCUT2D eigenvalue weighted by atomic mass is 10.1. The monoisotopic (exact) mass is 381 g/mol. The number of benzene rings is 2. The largest absolute Gasteiger partial charge is 0.508 e. The molecular formula is C19H22F3N3O2. The molecule has 8 heteroatoms. The Labute approximate surface area is 155 Å². The van der Waals surface area contributed by atoms with Gasteiger partial charge in [-0.3, -0.25) is 0 Å². The molecule has 3 N–H and O–H groups in total. The van der Waals surface area contributed by atoms with Crippen LogP contribution >= 0.6 is 0 Å². The summed E-state index contributed by atoms with van der Waals surface area (Å²) in [6, 6.07) is 9.80. The van der Waals surface area contributed by atoms with Crippen molar-refractivity contribution in [3.05, 3.63) is 59.2 Å². The molecule has 0 unspecified atom stereocenters. The van der Waals surface area contributed by atoms with Crippen molar-refractivity contribution < 1.29 is 23.0 Å². The maximum absolute atomic E-state index is 12.6. The van der Waals surface area contributed by atoms with Gasteiger partial charge in [-0.2, -0.15) is 13.2 Å². The molecule has 0 bridgehead atoms. The van der Waals surface area contributed by atoms with Crippen molar-refractivity contribution in [2.75, 3.05) is 13.7 Å². The van der Waals surface area contributed by atoms with Crippen LogP contribution in [0.2, 0.25) is 0 Å². The highest BCUT2D eigenvalue weighted by Gasteiger charge is 2.29. The highest BCUT2D eigenvalue weighted by molar-refractivity contribution is 5.79. The molecule has 2 aromatic rings. The zero-order chi connectivity index (χ0) is 19.9. The first-order chi connectivity index (χ1) is 12.8. The second kappa shape index (κ2) is 9.16. The van der Waals surface area contributed by atoms with E-state index in [0.29, 0.717) is 35.9 Å². The number of hydrogen-bond donors (Lipinski definition) is 3. The molecule has 0 saturated heterocycles. The Kier molecular flexibility index (Phi) is 6.92. The van der Waals surface area contributed by atoms with E-state index in [9.17, 15) is 18.3 Å². The van der Waals surface area contributed by atoms with Crippen LogP contribution in [0.4, 0.5) is 13.2 Å². The molecule has 146 valence electrons. The quantitative estimate of drug-likeness (QED) is 0.528. The molecule has 0 radical (unpaired) electrons. The number of nitrogens with one attached hydrogen (secondary N) is 2. The van der Waals surface area contributed by atoms with Crippen molar-refractivity contribution in [3.63, 3.8) is 0 Å². The minimum Gasteiger partial charge on any atom is -0.508 e. The van der Waals surface area contributed by atoms with E-state index in [1.165, 1.54) is 12.1 Å². The SMILES string of the molecule is CCNC(=NCc1ccc(C(F)(F)F)cc1)NCc1cc(OC)ccc1O. The maximum atomic E-state index is 12.6. The van der Waals surface area contributed by atoms with Crippen LogP contribution in [0.3, 0.4) is 0 Å². The molecule has 2 rings (SSSR count). The van der Waals surface area contributed by atoms with Crippen LogP contribution in [0.15, 0.2) is 47.5 Å². The molecule has 0 aliphatic heterocycles. The lowest BCUT2D eigenvalue weighted by Gasteiger charge is -2.13. The Hall–Kier alpha value is -2.90. The first-order valence-electron chi connectivity index (χ1n) is 8.37. The van der Waals surface area contributed by atoms with Gasteiger partial charge in [-0.1, -0.05) is 12.1 Å². The van der Waals surface area contributed by atoms with Gasteiger partial charge in [-0.15, -0.1) is 0 Å². The molecule has 0 aromatic heterocycles. The van der Waals surface area contributed by atoms with Crippen LogP contribution in [0.5, 0.6) is 11.5 Å². The molecule has 0 aliphatic rings. The van der Waals surface area contributed by atoms with Crippen LogP contribution in [-0.2, 0) is 19.3 Å². The Morgan fingerprint density at radius 1 is 1.11 bits per heavy atom. The number of phenolic OH excluding ortho intramolecular Hbond substituents is 1. The van der Waals surface area contributed by atoms with Gasteiger partial charge in [-0.25, -0.2) is 4.99 Å². The predicted molar refractivity (Wildman–Crippen MR) is 97.8 cm³/mol. The zero-order valence-corrected chi connectivity index (χ0v) is 15.1. The van der Waals surface area contributed by atoms with Gasteiger partial charge in [0.2, 0.25) is 0 Å². The number of ether oxygens (including phenoxy) is 1. The summed E-state index contributed by atoms with van der Waals surface area (Å²) in [7, 11) is 1.54. The number of alkyl halides is 3. The minimum absolute atomic E-state index is 0.127. The highest BCUT2D eigenvalue weighted by atomic mass is 19.4. The minimum atomic E-state index is -4.35. The van der Waals surface area contributed by atoms with E-state index in [0.717, 1.165) is 12.1 Å². The maximum Gasteiger partial charge on any atom is 0.416 e. The molecule has 5 nitrogen and oxygen atoms in total. The van der Waals surface area contributed by atoms with Crippen LogP contribution < -0.4 is 15.4 Å². The fourth-order valence-electron chi connectivity index (χ4n) is 2.32. The summed E-state index contributed by atoms with van der Waals surface area (Å²) in [5.41, 5.74) is 0.604. The van der Waals surface area contributed by atoms with E-state index < -0.39 is 11.7 Å². The van der Waals surface area contributed by atoms with Crippen LogP contribution in [0.1, 0.15) is 23.6 Å². The molecule has 0 spiro atoms. The third-order valence-corrected chi connectivity index (χ3v) is 3.78. The number of phenols is 1. The third-order valence-electron chi connectivity index (χ3n) is 3.78. The van der Waals surface area contributed by atoms with Gasteiger partial charge in [0.05, 0.1) is 19.2 Å². The van der Waals surface area contributed by atoms with Crippen LogP contribution in [0.25, 0.3) is 0 Å². The number of rotatable bonds is 6. The number of guanidine groups is 1. The van der Waals surface area contributed by atoms with Gasteiger partial charge in [0.15, 0.2) is 5.96 Å². The van der Waals surface area contributed by atoms with E-state index >= 15 is 0 Å². The van der Waals surface area contributed by atoms with Crippen molar-refractivity contribution in [2.24, 2.45) is 4.99 Å². The van der Waals surface area contributed by atoms with E-state index in [1.807, 2.05) is 6.92 Å². The van der Waals surface area contributed by atoms with Gasteiger partial charge in [0.25, 0.3) is 0 Å². The third kappa shape index (κ3) is 6.09. The first kappa shape index (κ1) is 20.4. The fourth-order valence-corrected chi connectivity index (χ4v) is 2.32. The van der Waals surface area contributed by atoms with Crippen LogP contribution in [-0.4, -0.2) is 24.7 Å². The Bertz CT molecular complexity index is 775. The first-order valence-corrected chi connectivity index (χ1v) is 8.37. The molecule has 0 atom stereocenters. The van der Waals surface area contributed by atoms with E-state index in [-0.39, 0.29) is 12.3 Å². The second-order valence-corrected chi connectivity index (χ2v) is 5.74. The van der Waals surface area contributed by atoms with Gasteiger partial charge in [-0.05, 0) is 42.8 Å². The Balaban J connectivity index is 2.04. The van der Waals surface area contributed by atoms with E-state index in [4.69, 9.17) is 4.74 Å². The molecule has 0 heterocycles. The van der Waals surface area contributed by atoms with Gasteiger partial charge >= 0.3 is 6.18 Å². The highest BCUT2D eigenvalue weighted by Crippen LogP contribution is 2.29. The van der Waals surface area contributed by atoms with Crippen molar-refractivity contribution in [1.29, 1.82) is 0 Å². The van der Waals surface area contributed by atoms with Gasteiger partial charge < -0.3 is 20.5 Å².